The SMILES string of the molecule is C#CCCC(=O)Nc1cccc(-c2ccc(C(N)=O)c3[nH]c4cc(C(=O)N5CCN(C)CC5)ccc4c23)c1C. The number of aromatic nitrogens is 1. The van der Waals surface area contributed by atoms with Gasteiger partial charge in [-0.3, -0.25) is 14.4 Å². The van der Waals surface area contributed by atoms with E-state index in [1.54, 1.807) is 6.07 Å². The Morgan fingerprint density at radius 2 is 1.82 bits per heavy atom. The number of benzene rings is 3. The predicted octanol–water partition coefficient (Wildman–Crippen LogP) is 4.13. The lowest BCUT2D eigenvalue weighted by atomic mass is 9.93. The Labute approximate surface area is 227 Å². The molecule has 0 atom stereocenters. The molecule has 1 saturated heterocycles. The number of hydrogen-bond donors (Lipinski definition) is 3. The fourth-order valence-corrected chi connectivity index (χ4v) is 5.23. The average Bonchev–Trinajstić information content (AvgIpc) is 3.31. The normalized spacial score (nSPS) is 13.9. The van der Waals surface area contributed by atoms with Crippen molar-refractivity contribution in [3.05, 3.63) is 65.2 Å². The van der Waals surface area contributed by atoms with E-state index in [2.05, 4.69) is 28.2 Å². The van der Waals surface area contributed by atoms with Crippen LogP contribution in [0.4, 0.5) is 5.69 Å². The summed E-state index contributed by atoms with van der Waals surface area (Å²) in [5.74, 6) is 1.79. The molecular formula is C31H31N5O3. The molecule has 0 radical (unpaired) electrons. The first-order chi connectivity index (χ1) is 18.8. The van der Waals surface area contributed by atoms with Gasteiger partial charge in [-0.05, 0) is 54.9 Å². The number of H-pyrrole nitrogens is 1. The summed E-state index contributed by atoms with van der Waals surface area (Å²) in [5, 5.41) is 4.66. The Bertz CT molecular complexity index is 1650. The third kappa shape index (κ3) is 4.97. The van der Waals surface area contributed by atoms with E-state index in [0.717, 1.165) is 46.1 Å². The van der Waals surface area contributed by atoms with E-state index < -0.39 is 5.91 Å². The fraction of sp³-hybridized carbons (Fsp3) is 0.258. The predicted molar refractivity (Wildman–Crippen MR) is 155 cm³/mol. The first kappa shape index (κ1) is 26.0. The van der Waals surface area contributed by atoms with Crippen LogP contribution in [0.3, 0.4) is 0 Å². The quantitative estimate of drug-likeness (QED) is 0.331. The number of anilines is 1. The molecule has 4 aromatic rings. The Kier molecular flexibility index (Phi) is 7.09. The summed E-state index contributed by atoms with van der Waals surface area (Å²) in [7, 11) is 2.05. The molecule has 3 aromatic carbocycles. The Hall–Kier alpha value is -4.61. The molecule has 0 aliphatic carbocycles. The molecule has 0 bridgehead atoms. The van der Waals surface area contributed by atoms with Crippen molar-refractivity contribution in [3.8, 4) is 23.5 Å². The molecule has 1 aliphatic rings. The Morgan fingerprint density at radius 1 is 1.05 bits per heavy atom. The van der Waals surface area contributed by atoms with Gasteiger partial charge >= 0.3 is 0 Å². The number of primary amides is 1. The molecule has 39 heavy (non-hydrogen) atoms. The fourth-order valence-electron chi connectivity index (χ4n) is 5.23. The molecule has 3 amide bonds. The van der Waals surface area contributed by atoms with Crippen molar-refractivity contribution in [3.63, 3.8) is 0 Å². The number of carbonyl (C=O) groups excluding carboxylic acids is 3. The van der Waals surface area contributed by atoms with Gasteiger partial charge < -0.3 is 25.8 Å². The van der Waals surface area contributed by atoms with Crippen molar-refractivity contribution < 1.29 is 14.4 Å². The average molecular weight is 522 g/mol. The second-order valence-electron chi connectivity index (χ2n) is 9.99. The van der Waals surface area contributed by atoms with Gasteiger partial charge in [0.15, 0.2) is 0 Å². The van der Waals surface area contributed by atoms with E-state index in [1.807, 2.05) is 54.3 Å². The number of terminal acetylenes is 1. The third-order valence-electron chi connectivity index (χ3n) is 7.45. The molecule has 8 nitrogen and oxygen atoms in total. The standard InChI is InChI=1S/C31H31N5O3/c1-4-5-9-27(37)33-25-8-6-7-21(19(25)2)22-12-13-24(30(32)38)29-28(22)23-11-10-20(18-26(23)34-29)31(39)36-16-14-35(3)15-17-36/h1,6-8,10-13,18,34H,5,9,14-17H2,2-3H3,(H2,32,38)(H,33,37). The summed E-state index contributed by atoms with van der Waals surface area (Å²) in [5.41, 5.74) is 11.4. The van der Waals surface area contributed by atoms with Gasteiger partial charge in [-0.15, -0.1) is 12.3 Å². The summed E-state index contributed by atoms with van der Waals surface area (Å²) >= 11 is 0. The van der Waals surface area contributed by atoms with Crippen LogP contribution < -0.4 is 11.1 Å². The van der Waals surface area contributed by atoms with Gasteiger partial charge in [-0.1, -0.05) is 24.3 Å². The van der Waals surface area contributed by atoms with E-state index in [0.29, 0.717) is 41.8 Å². The summed E-state index contributed by atoms with van der Waals surface area (Å²) in [6, 6.07) is 14.9. The number of fused-ring (bicyclic) bond motifs is 3. The molecule has 5 rings (SSSR count). The molecule has 1 aromatic heterocycles. The summed E-state index contributed by atoms with van der Waals surface area (Å²) in [4.78, 5) is 45.4. The number of amides is 3. The van der Waals surface area contributed by atoms with E-state index in [1.165, 1.54) is 0 Å². The number of piperazine rings is 1. The molecular weight excluding hydrogens is 490 g/mol. The van der Waals surface area contributed by atoms with Crippen molar-refractivity contribution in [1.29, 1.82) is 0 Å². The number of nitrogens with zero attached hydrogens (tertiary/aromatic N) is 2. The topological polar surface area (TPSA) is 112 Å². The Balaban J connectivity index is 1.61. The molecule has 0 spiro atoms. The van der Waals surface area contributed by atoms with Gasteiger partial charge in [0.05, 0.1) is 11.1 Å². The van der Waals surface area contributed by atoms with Crippen LogP contribution >= 0.6 is 0 Å². The number of carbonyl (C=O) groups is 3. The Morgan fingerprint density at radius 3 is 2.54 bits per heavy atom. The van der Waals surface area contributed by atoms with E-state index in [4.69, 9.17) is 12.2 Å². The van der Waals surface area contributed by atoms with Crippen LogP contribution in [0.5, 0.6) is 0 Å². The van der Waals surface area contributed by atoms with Gasteiger partial charge in [0.1, 0.15) is 0 Å². The van der Waals surface area contributed by atoms with Crippen molar-refractivity contribution in [2.24, 2.45) is 5.73 Å². The lowest BCUT2D eigenvalue weighted by Crippen LogP contribution is -2.47. The van der Waals surface area contributed by atoms with Crippen LogP contribution in [0, 0.1) is 19.3 Å². The van der Waals surface area contributed by atoms with Crippen LogP contribution in [0.2, 0.25) is 0 Å². The van der Waals surface area contributed by atoms with Crippen molar-refractivity contribution >= 4 is 45.2 Å². The summed E-state index contributed by atoms with van der Waals surface area (Å²) < 4.78 is 0. The zero-order valence-electron chi connectivity index (χ0n) is 22.1. The molecule has 1 fully saturated rings. The molecule has 2 heterocycles. The third-order valence-corrected chi connectivity index (χ3v) is 7.45. The minimum atomic E-state index is -0.543. The molecule has 0 unspecified atom stereocenters. The molecule has 198 valence electrons. The smallest absolute Gasteiger partial charge is 0.254 e. The number of hydrogen-bond acceptors (Lipinski definition) is 4. The molecule has 4 N–H and O–H groups in total. The van der Waals surface area contributed by atoms with Gasteiger partial charge in [-0.2, -0.15) is 0 Å². The summed E-state index contributed by atoms with van der Waals surface area (Å²) in [6.45, 7) is 5.00. The first-order valence-electron chi connectivity index (χ1n) is 13.0. The highest BCUT2D eigenvalue weighted by Gasteiger charge is 2.23. The largest absolute Gasteiger partial charge is 0.366 e. The van der Waals surface area contributed by atoms with E-state index in [9.17, 15) is 14.4 Å². The van der Waals surface area contributed by atoms with Gasteiger partial charge in [-0.25, -0.2) is 0 Å². The van der Waals surface area contributed by atoms with Crippen molar-refractivity contribution in [2.45, 2.75) is 19.8 Å². The zero-order valence-corrected chi connectivity index (χ0v) is 22.1. The number of nitrogens with two attached hydrogens (primary N) is 1. The molecule has 1 aliphatic heterocycles. The van der Waals surface area contributed by atoms with Gasteiger partial charge in [0.25, 0.3) is 11.8 Å². The van der Waals surface area contributed by atoms with Crippen molar-refractivity contribution in [1.82, 2.24) is 14.8 Å². The summed E-state index contributed by atoms with van der Waals surface area (Å²) in [6.07, 6.45) is 5.92. The van der Waals surface area contributed by atoms with Gasteiger partial charge in [0.2, 0.25) is 5.91 Å². The zero-order chi connectivity index (χ0) is 27.7. The minimum absolute atomic E-state index is 0.0110. The van der Waals surface area contributed by atoms with Crippen molar-refractivity contribution in [2.75, 3.05) is 38.5 Å². The van der Waals surface area contributed by atoms with Crippen LogP contribution in [0.25, 0.3) is 32.9 Å². The lowest BCUT2D eigenvalue weighted by Gasteiger charge is -2.32. The van der Waals surface area contributed by atoms with Gasteiger partial charge in [0, 0.05) is 66.6 Å². The monoisotopic (exact) mass is 521 g/mol. The van der Waals surface area contributed by atoms with E-state index >= 15 is 0 Å². The second-order valence-corrected chi connectivity index (χ2v) is 9.99. The number of nitrogens with one attached hydrogen (secondary N) is 2. The van der Waals surface area contributed by atoms with Crippen LogP contribution in [-0.4, -0.2) is 65.7 Å². The highest BCUT2D eigenvalue weighted by atomic mass is 16.2. The number of rotatable bonds is 6. The molecule has 8 heteroatoms. The number of likely N-dealkylation sites (N-methyl/N-ethyl adjacent to an activating group) is 1. The lowest BCUT2D eigenvalue weighted by molar-refractivity contribution is -0.116. The highest BCUT2D eigenvalue weighted by molar-refractivity contribution is 6.20. The maximum Gasteiger partial charge on any atom is 0.254 e. The van der Waals surface area contributed by atoms with E-state index in [-0.39, 0.29) is 18.2 Å². The maximum atomic E-state index is 13.2. The highest BCUT2D eigenvalue weighted by Crippen LogP contribution is 2.39. The molecule has 0 saturated carbocycles. The maximum absolute atomic E-state index is 13.2. The minimum Gasteiger partial charge on any atom is -0.366 e. The van der Waals surface area contributed by atoms with Crippen LogP contribution in [-0.2, 0) is 4.79 Å². The van der Waals surface area contributed by atoms with Crippen LogP contribution in [0.15, 0.2) is 48.5 Å². The first-order valence-corrected chi connectivity index (χ1v) is 13.0. The van der Waals surface area contributed by atoms with Crippen LogP contribution in [0.1, 0.15) is 39.1 Å². The number of aromatic amines is 1. The second kappa shape index (κ2) is 10.6.